The molecule has 1 aromatic carbocycles. The van der Waals surface area contributed by atoms with Crippen molar-refractivity contribution in [2.24, 2.45) is 0 Å². The van der Waals surface area contributed by atoms with Crippen molar-refractivity contribution < 1.29 is 41.0 Å². The molecule has 1 unspecified atom stereocenters. The molecule has 0 saturated carbocycles. The number of halogens is 6. The number of fused-ring (bicyclic) bond motifs is 1. The van der Waals surface area contributed by atoms with Crippen LogP contribution in [0.3, 0.4) is 0 Å². The number of hydrogen-bond donors (Lipinski definition) is 2. The van der Waals surface area contributed by atoms with E-state index in [2.05, 4.69) is 4.74 Å². The minimum atomic E-state index is -4.89. The summed E-state index contributed by atoms with van der Waals surface area (Å²) in [4.78, 5) is 10.4. The molecular formula is C12H7F6NO3. The lowest BCUT2D eigenvalue weighted by Crippen LogP contribution is -2.40. The molecule has 1 aliphatic rings. The van der Waals surface area contributed by atoms with E-state index in [1.165, 1.54) is 0 Å². The molecule has 1 atom stereocenters. The Hall–Kier alpha value is -2.39. The lowest BCUT2D eigenvalue weighted by atomic mass is 10.0. The molecule has 0 radical (unpaired) electrons. The van der Waals surface area contributed by atoms with Gasteiger partial charge < -0.3 is 15.2 Å². The minimum absolute atomic E-state index is 0.215. The molecule has 1 heterocycles. The van der Waals surface area contributed by atoms with Gasteiger partial charge in [-0.3, -0.25) is 0 Å². The average Bonchev–Trinajstić information content (AvgIpc) is 2.34. The first-order chi connectivity index (χ1) is 9.98. The van der Waals surface area contributed by atoms with Crippen LogP contribution in [0.15, 0.2) is 24.0 Å². The summed E-state index contributed by atoms with van der Waals surface area (Å²) in [6, 6.07) is -0.408. The van der Waals surface area contributed by atoms with Gasteiger partial charge in [-0.15, -0.1) is 0 Å². The average molecular weight is 327 g/mol. The van der Waals surface area contributed by atoms with E-state index in [1.54, 1.807) is 0 Å². The van der Waals surface area contributed by atoms with Crippen molar-refractivity contribution in [3.05, 3.63) is 35.1 Å². The van der Waals surface area contributed by atoms with Gasteiger partial charge in [0.25, 0.3) is 0 Å². The number of anilines is 1. The Morgan fingerprint density at radius 1 is 1.18 bits per heavy atom. The van der Waals surface area contributed by atoms with Gasteiger partial charge in [-0.25, -0.2) is 4.79 Å². The Morgan fingerprint density at radius 3 is 2.32 bits per heavy atom. The zero-order valence-electron chi connectivity index (χ0n) is 10.4. The Kier molecular flexibility index (Phi) is 3.71. The second kappa shape index (κ2) is 5.11. The van der Waals surface area contributed by atoms with Gasteiger partial charge in [0.15, 0.2) is 6.04 Å². The molecule has 120 valence electrons. The second-order valence-electron chi connectivity index (χ2n) is 4.33. The number of carboxylic acid groups (broad SMARTS) is 1. The van der Waals surface area contributed by atoms with Gasteiger partial charge >= 0.3 is 18.5 Å². The van der Waals surface area contributed by atoms with Gasteiger partial charge in [-0.1, -0.05) is 0 Å². The van der Waals surface area contributed by atoms with E-state index in [9.17, 15) is 31.1 Å². The molecule has 22 heavy (non-hydrogen) atoms. The molecule has 0 aromatic heterocycles. The first-order valence-corrected chi connectivity index (χ1v) is 5.65. The van der Waals surface area contributed by atoms with Crippen molar-refractivity contribution in [3.63, 3.8) is 0 Å². The molecule has 0 aliphatic carbocycles. The van der Waals surface area contributed by atoms with Crippen LogP contribution in [0.1, 0.15) is 11.1 Å². The highest BCUT2D eigenvalue weighted by atomic mass is 19.4. The van der Waals surface area contributed by atoms with Gasteiger partial charge in [0.2, 0.25) is 0 Å². The van der Waals surface area contributed by atoms with E-state index in [1.807, 2.05) is 5.32 Å². The third-order valence-electron chi connectivity index (χ3n) is 2.79. The second-order valence-corrected chi connectivity index (χ2v) is 4.33. The maximum absolute atomic E-state index is 12.8. The highest BCUT2D eigenvalue weighted by Crippen LogP contribution is 2.38. The van der Waals surface area contributed by atoms with Crippen LogP contribution in [0.4, 0.5) is 36.8 Å². The van der Waals surface area contributed by atoms with Crippen molar-refractivity contribution in [1.29, 1.82) is 0 Å². The monoisotopic (exact) mass is 327 g/mol. The van der Waals surface area contributed by atoms with Gasteiger partial charge in [0, 0.05) is 11.3 Å². The zero-order valence-corrected chi connectivity index (χ0v) is 10.4. The molecule has 2 N–H and O–H groups in total. The lowest BCUT2D eigenvalue weighted by molar-refractivity contribution is -0.141. The number of ether oxygens (including phenoxy) is 1. The van der Waals surface area contributed by atoms with Crippen LogP contribution in [-0.2, 0) is 10.9 Å². The van der Waals surface area contributed by atoms with E-state index in [0.29, 0.717) is 18.2 Å². The van der Waals surface area contributed by atoms with Crippen LogP contribution in [0.2, 0.25) is 0 Å². The quantitative estimate of drug-likeness (QED) is 0.602. The van der Waals surface area contributed by atoms with Crippen LogP contribution in [-0.4, -0.2) is 23.5 Å². The first-order valence-electron chi connectivity index (χ1n) is 5.65. The summed E-state index contributed by atoms with van der Waals surface area (Å²) in [7, 11) is 0. The molecule has 0 amide bonds. The van der Waals surface area contributed by atoms with Gasteiger partial charge in [0.05, 0.1) is 5.56 Å². The molecule has 0 saturated heterocycles. The molecule has 10 heteroatoms. The predicted octanol–water partition coefficient (Wildman–Crippen LogP) is 4.10. The normalized spacial score (nSPS) is 18.1. The summed E-state index contributed by atoms with van der Waals surface area (Å²) in [5.41, 5.74) is -1.55. The van der Waals surface area contributed by atoms with Gasteiger partial charge in [-0.05, 0) is 24.3 Å². The third kappa shape index (κ3) is 3.26. The summed E-state index contributed by atoms with van der Waals surface area (Å²) >= 11 is 0. The van der Waals surface area contributed by atoms with E-state index < -0.39 is 35.9 Å². The number of nitrogens with one attached hydrogen (secondary N) is 1. The van der Waals surface area contributed by atoms with Gasteiger partial charge in [-0.2, -0.15) is 26.3 Å². The molecule has 1 aliphatic heterocycles. The fraction of sp³-hybridized carbons (Fsp3) is 0.250. The summed E-state index contributed by atoms with van der Waals surface area (Å²) in [6.45, 7) is 0. The molecule has 0 spiro atoms. The SMILES string of the molecule is O=C(O)OC1=Cc2cc(C(F)(F)F)ccc2NC1C(F)(F)F. The molecule has 4 nitrogen and oxygen atoms in total. The molecule has 0 fully saturated rings. The number of rotatable bonds is 1. The maximum atomic E-state index is 12.8. The summed E-state index contributed by atoms with van der Waals surface area (Å²) in [6.07, 6.45) is -11.0. The molecule has 0 bridgehead atoms. The zero-order chi connectivity index (χ0) is 16.7. The molecule has 1 aromatic rings. The van der Waals surface area contributed by atoms with E-state index in [0.717, 1.165) is 6.07 Å². The van der Waals surface area contributed by atoms with Crippen molar-refractivity contribution in [1.82, 2.24) is 0 Å². The van der Waals surface area contributed by atoms with Crippen LogP contribution < -0.4 is 5.32 Å². The van der Waals surface area contributed by atoms with Crippen LogP contribution in [0.25, 0.3) is 6.08 Å². The molecular weight excluding hydrogens is 320 g/mol. The number of benzene rings is 1. The Labute approximate surface area is 119 Å². The summed E-state index contributed by atoms with van der Waals surface area (Å²) < 4.78 is 80.3. The Bertz CT molecular complexity index is 635. The van der Waals surface area contributed by atoms with E-state index in [-0.39, 0.29) is 11.3 Å². The predicted molar refractivity (Wildman–Crippen MR) is 62.0 cm³/mol. The largest absolute Gasteiger partial charge is 0.511 e. The Balaban J connectivity index is 2.49. The van der Waals surface area contributed by atoms with E-state index in [4.69, 9.17) is 5.11 Å². The van der Waals surface area contributed by atoms with Gasteiger partial charge in [0.1, 0.15) is 5.76 Å². The number of alkyl halides is 6. The smallest absolute Gasteiger partial charge is 0.449 e. The van der Waals surface area contributed by atoms with E-state index >= 15 is 0 Å². The Morgan fingerprint density at radius 2 is 1.82 bits per heavy atom. The van der Waals surface area contributed by atoms with Crippen molar-refractivity contribution in [2.75, 3.05) is 5.32 Å². The van der Waals surface area contributed by atoms with Crippen molar-refractivity contribution >= 4 is 17.9 Å². The fourth-order valence-corrected chi connectivity index (χ4v) is 1.89. The lowest BCUT2D eigenvalue weighted by Gasteiger charge is -2.28. The standard InChI is InChI=1S/C12H7F6NO3/c13-11(14,15)6-1-2-7-5(3-6)4-8(22-10(20)21)9(19-7)12(16,17)18/h1-4,9,19H,(H,20,21). The topological polar surface area (TPSA) is 58.6 Å². The minimum Gasteiger partial charge on any atom is -0.449 e. The third-order valence-corrected chi connectivity index (χ3v) is 2.79. The highest BCUT2D eigenvalue weighted by molar-refractivity contribution is 5.75. The number of hydrogen-bond acceptors (Lipinski definition) is 3. The van der Waals surface area contributed by atoms with Crippen LogP contribution in [0.5, 0.6) is 0 Å². The van der Waals surface area contributed by atoms with Crippen molar-refractivity contribution in [3.8, 4) is 0 Å². The maximum Gasteiger partial charge on any atom is 0.511 e. The summed E-state index contributed by atoms with van der Waals surface area (Å²) in [5.74, 6) is -1.05. The van der Waals surface area contributed by atoms with Crippen molar-refractivity contribution in [2.45, 2.75) is 18.4 Å². The first kappa shape index (κ1) is 16.0. The summed E-state index contributed by atoms with van der Waals surface area (Å²) in [5, 5.41) is 10.4. The molecule has 2 rings (SSSR count). The van der Waals surface area contributed by atoms with Crippen LogP contribution >= 0.6 is 0 Å². The number of carbonyl (C=O) groups is 1. The highest BCUT2D eigenvalue weighted by Gasteiger charge is 2.46. The van der Waals surface area contributed by atoms with Crippen LogP contribution in [0, 0.1) is 0 Å². The fourth-order valence-electron chi connectivity index (χ4n) is 1.89.